The lowest BCUT2D eigenvalue weighted by molar-refractivity contribution is 1.18. The quantitative estimate of drug-likeness (QED) is 0.208. The van der Waals surface area contributed by atoms with Crippen LogP contribution in [0.15, 0.2) is 152 Å². The largest absolute Gasteiger partial charge is 0.308 e. The highest BCUT2D eigenvalue weighted by Gasteiger charge is 2.20. The minimum absolute atomic E-state index is 0.722. The zero-order valence-electron chi connectivity index (χ0n) is 23.7. The Balaban J connectivity index is 1.33. The van der Waals surface area contributed by atoms with Crippen molar-refractivity contribution in [2.75, 3.05) is 0 Å². The van der Waals surface area contributed by atoms with Crippen LogP contribution >= 0.6 is 11.3 Å². The van der Waals surface area contributed by atoms with Gasteiger partial charge in [-0.3, -0.25) is 0 Å². The van der Waals surface area contributed by atoms with Crippen molar-refractivity contribution >= 4 is 53.3 Å². The summed E-state index contributed by atoms with van der Waals surface area (Å²) in [7, 11) is 0. The molecule has 3 nitrogen and oxygen atoms in total. The molecule has 0 spiro atoms. The number of rotatable bonds is 4. The number of benzene rings is 6. The monoisotopic (exact) mass is 579 g/mol. The predicted octanol–water partition coefficient (Wildman–Crippen LogP) is 10.9. The van der Waals surface area contributed by atoms with E-state index in [9.17, 15) is 0 Å². The average Bonchev–Trinajstić information content (AvgIpc) is 3.62. The van der Waals surface area contributed by atoms with E-state index >= 15 is 0 Å². The molecule has 0 bridgehead atoms. The first kappa shape index (κ1) is 25.0. The van der Waals surface area contributed by atoms with Crippen molar-refractivity contribution in [1.29, 1.82) is 0 Å². The van der Waals surface area contributed by atoms with E-state index in [2.05, 4.69) is 144 Å². The molecule has 6 aromatic carbocycles. The van der Waals surface area contributed by atoms with E-state index < -0.39 is 0 Å². The van der Waals surface area contributed by atoms with Gasteiger partial charge in [-0.25, -0.2) is 9.97 Å². The van der Waals surface area contributed by atoms with Gasteiger partial charge in [-0.15, -0.1) is 11.3 Å². The number of hydrogen-bond acceptors (Lipinski definition) is 3. The molecule has 44 heavy (non-hydrogen) atoms. The third-order valence-electron chi connectivity index (χ3n) is 8.37. The molecule has 0 aliphatic carbocycles. The van der Waals surface area contributed by atoms with Gasteiger partial charge >= 0.3 is 0 Å². The van der Waals surface area contributed by atoms with Crippen LogP contribution in [0.3, 0.4) is 0 Å². The van der Waals surface area contributed by atoms with Crippen LogP contribution in [0.4, 0.5) is 0 Å². The Kier molecular flexibility index (Phi) is 5.68. The second kappa shape index (κ2) is 10.0. The number of fused-ring (bicyclic) bond motifs is 6. The predicted molar refractivity (Wildman–Crippen MR) is 186 cm³/mol. The van der Waals surface area contributed by atoms with Gasteiger partial charge in [0.05, 0.1) is 27.1 Å². The van der Waals surface area contributed by atoms with Crippen LogP contribution in [0, 0.1) is 0 Å². The third kappa shape index (κ3) is 4.03. The van der Waals surface area contributed by atoms with Gasteiger partial charge in [0.15, 0.2) is 5.82 Å². The van der Waals surface area contributed by atoms with E-state index in [0.717, 1.165) is 39.6 Å². The normalized spacial score (nSPS) is 11.6. The van der Waals surface area contributed by atoms with Gasteiger partial charge in [-0.1, -0.05) is 103 Å². The summed E-state index contributed by atoms with van der Waals surface area (Å²) in [6, 6.07) is 53.5. The van der Waals surface area contributed by atoms with Gasteiger partial charge in [0.1, 0.15) is 0 Å². The van der Waals surface area contributed by atoms with Gasteiger partial charge in [0.25, 0.3) is 0 Å². The second-order valence-corrected chi connectivity index (χ2v) is 12.1. The molecule has 0 unspecified atom stereocenters. The van der Waals surface area contributed by atoms with E-state index in [-0.39, 0.29) is 0 Å². The summed E-state index contributed by atoms with van der Waals surface area (Å²) in [6.07, 6.45) is 0. The average molecular weight is 580 g/mol. The van der Waals surface area contributed by atoms with Crippen LogP contribution in [-0.4, -0.2) is 14.5 Å². The van der Waals surface area contributed by atoms with Crippen LogP contribution in [0.1, 0.15) is 0 Å². The highest BCUT2D eigenvalue weighted by molar-refractivity contribution is 7.26. The van der Waals surface area contributed by atoms with Crippen molar-refractivity contribution in [3.8, 4) is 39.6 Å². The number of para-hydroxylation sites is 1. The highest BCUT2D eigenvalue weighted by Crippen LogP contribution is 2.44. The molecule has 4 heteroatoms. The Labute approximate surface area is 258 Å². The highest BCUT2D eigenvalue weighted by atomic mass is 32.1. The molecule has 0 radical (unpaired) electrons. The lowest BCUT2D eigenvalue weighted by Gasteiger charge is -2.11. The van der Waals surface area contributed by atoms with Crippen molar-refractivity contribution < 1.29 is 0 Å². The second-order valence-electron chi connectivity index (χ2n) is 11.1. The van der Waals surface area contributed by atoms with E-state index in [1.165, 1.54) is 42.0 Å². The molecular formula is C40H25N3S. The number of aromatic nitrogens is 3. The van der Waals surface area contributed by atoms with Gasteiger partial charge < -0.3 is 4.57 Å². The molecule has 0 saturated carbocycles. The molecule has 206 valence electrons. The maximum atomic E-state index is 5.12. The van der Waals surface area contributed by atoms with Crippen molar-refractivity contribution in [3.63, 3.8) is 0 Å². The zero-order valence-corrected chi connectivity index (χ0v) is 24.5. The summed E-state index contributed by atoms with van der Waals surface area (Å²) in [6.45, 7) is 0. The molecule has 0 aliphatic heterocycles. The minimum Gasteiger partial charge on any atom is -0.308 e. The van der Waals surface area contributed by atoms with Gasteiger partial charge in [0.2, 0.25) is 0 Å². The summed E-state index contributed by atoms with van der Waals surface area (Å²) in [5.41, 5.74) is 8.55. The maximum Gasteiger partial charge on any atom is 0.160 e. The van der Waals surface area contributed by atoms with Crippen molar-refractivity contribution in [3.05, 3.63) is 152 Å². The standard InChI is InChI=1S/C40H25N3S/c1-4-12-26(13-5-1)34-25-35(27-14-6-2-7-15-27)42-40(41-34)30-20-21-36-32(23-30)39-38(43(36)31-18-8-3-9-19-31)33-22-28-16-10-11-17-29(28)24-37(33)44-39/h1-25H. The molecule has 3 aromatic heterocycles. The minimum atomic E-state index is 0.722. The molecule has 0 saturated heterocycles. The van der Waals surface area contributed by atoms with E-state index in [1.54, 1.807) is 0 Å². The van der Waals surface area contributed by atoms with E-state index in [1.807, 2.05) is 23.5 Å². The molecule has 9 aromatic rings. The van der Waals surface area contributed by atoms with Crippen molar-refractivity contribution in [1.82, 2.24) is 14.5 Å². The Hall–Kier alpha value is -5.58. The fourth-order valence-corrected chi connectivity index (χ4v) is 7.52. The number of nitrogens with zero attached hydrogens (tertiary/aromatic N) is 3. The summed E-state index contributed by atoms with van der Waals surface area (Å²) in [5.74, 6) is 0.722. The maximum absolute atomic E-state index is 5.12. The van der Waals surface area contributed by atoms with Gasteiger partial charge in [-0.05, 0) is 59.3 Å². The van der Waals surface area contributed by atoms with Crippen LogP contribution in [0.5, 0.6) is 0 Å². The summed E-state index contributed by atoms with van der Waals surface area (Å²) in [5, 5.41) is 5.00. The fourth-order valence-electron chi connectivity index (χ4n) is 6.28. The summed E-state index contributed by atoms with van der Waals surface area (Å²) in [4.78, 5) is 10.2. The molecule has 0 aliphatic rings. The topological polar surface area (TPSA) is 30.7 Å². The van der Waals surface area contributed by atoms with E-state index in [0.29, 0.717) is 0 Å². The fraction of sp³-hybridized carbons (Fsp3) is 0. The van der Waals surface area contributed by atoms with Gasteiger partial charge in [-0.2, -0.15) is 0 Å². The number of hydrogen-bond donors (Lipinski definition) is 0. The SMILES string of the molecule is c1ccc(-c2cc(-c3ccccc3)nc(-c3ccc4c(c3)c3sc5cc6ccccc6cc5c3n4-c3ccccc3)n2)cc1. The van der Waals surface area contributed by atoms with Gasteiger partial charge in [0, 0.05) is 37.9 Å². The molecule has 3 heterocycles. The Bertz CT molecular complexity index is 2420. The van der Waals surface area contributed by atoms with Crippen LogP contribution in [0.25, 0.3) is 81.6 Å². The van der Waals surface area contributed by atoms with E-state index in [4.69, 9.17) is 9.97 Å². The number of thiophene rings is 1. The lowest BCUT2D eigenvalue weighted by atomic mass is 10.1. The molecule has 9 rings (SSSR count). The third-order valence-corrected chi connectivity index (χ3v) is 9.55. The Morgan fingerprint density at radius 1 is 0.477 bits per heavy atom. The van der Waals surface area contributed by atoms with Crippen LogP contribution in [-0.2, 0) is 0 Å². The molecule has 0 atom stereocenters. The zero-order chi connectivity index (χ0) is 29.0. The van der Waals surface area contributed by atoms with Crippen molar-refractivity contribution in [2.24, 2.45) is 0 Å². The summed E-state index contributed by atoms with van der Waals surface area (Å²) < 4.78 is 4.98. The molecule has 0 amide bonds. The van der Waals surface area contributed by atoms with Crippen LogP contribution in [0.2, 0.25) is 0 Å². The Morgan fingerprint density at radius 2 is 1.07 bits per heavy atom. The molecular weight excluding hydrogens is 555 g/mol. The van der Waals surface area contributed by atoms with Crippen LogP contribution < -0.4 is 0 Å². The summed E-state index contributed by atoms with van der Waals surface area (Å²) >= 11 is 1.86. The molecule has 0 N–H and O–H groups in total. The first-order valence-electron chi connectivity index (χ1n) is 14.8. The Morgan fingerprint density at radius 3 is 1.73 bits per heavy atom. The molecule has 0 fully saturated rings. The van der Waals surface area contributed by atoms with Crippen molar-refractivity contribution in [2.45, 2.75) is 0 Å². The first-order chi connectivity index (χ1) is 21.8. The smallest absolute Gasteiger partial charge is 0.160 e. The lowest BCUT2D eigenvalue weighted by Crippen LogP contribution is -1.96. The first-order valence-corrected chi connectivity index (χ1v) is 15.6.